The van der Waals surface area contributed by atoms with Crippen molar-refractivity contribution in [2.75, 3.05) is 0 Å². The highest BCUT2D eigenvalue weighted by Crippen LogP contribution is 2.58. The van der Waals surface area contributed by atoms with Crippen molar-refractivity contribution >= 4 is 53.9 Å². The van der Waals surface area contributed by atoms with Crippen molar-refractivity contribution in [3.8, 4) is 66.8 Å². The first-order chi connectivity index (χ1) is 34.5. The second kappa shape index (κ2) is 14.1. The number of benzene rings is 12. The zero-order valence-electron chi connectivity index (χ0n) is 41.1. The van der Waals surface area contributed by atoms with Gasteiger partial charge in [0.1, 0.15) is 0 Å². The molecule has 0 N–H and O–H groups in total. The summed E-state index contributed by atoms with van der Waals surface area (Å²) in [5.41, 5.74) is 23.5. The Morgan fingerprint density at radius 1 is 0.211 bits per heavy atom. The monoisotopic (exact) mass is 904 g/mol. The summed E-state index contributed by atoms with van der Waals surface area (Å²) in [6.45, 7) is 14.6. The smallest absolute Gasteiger partial charge is 0.0159 e. The Bertz CT molecular complexity index is 4360. The molecule has 0 atom stereocenters. The van der Waals surface area contributed by atoms with Crippen LogP contribution >= 0.6 is 0 Å². The summed E-state index contributed by atoms with van der Waals surface area (Å²) in [4.78, 5) is 0. The molecule has 12 aromatic carbocycles. The molecule has 0 heterocycles. The first-order valence-electron chi connectivity index (χ1n) is 25.5. The van der Waals surface area contributed by atoms with Gasteiger partial charge in [0, 0.05) is 16.2 Å². The van der Waals surface area contributed by atoms with Crippen LogP contribution in [0.5, 0.6) is 0 Å². The van der Waals surface area contributed by atoms with Crippen molar-refractivity contribution in [3.63, 3.8) is 0 Å². The van der Waals surface area contributed by atoms with Crippen molar-refractivity contribution in [3.05, 3.63) is 240 Å². The van der Waals surface area contributed by atoms with E-state index in [0.29, 0.717) is 0 Å². The van der Waals surface area contributed by atoms with Gasteiger partial charge in [0.05, 0.1) is 0 Å². The molecular weight excluding hydrogens is 853 g/mol. The molecule has 3 aliphatic rings. The number of fused-ring (bicyclic) bond motifs is 15. The van der Waals surface area contributed by atoms with E-state index in [0.717, 1.165) is 0 Å². The first kappa shape index (κ1) is 40.8. The maximum atomic E-state index is 2.63. The molecule has 0 spiro atoms. The topological polar surface area (TPSA) is 0 Å². The van der Waals surface area contributed by atoms with Crippen molar-refractivity contribution in [1.82, 2.24) is 0 Å². The molecule has 336 valence electrons. The van der Waals surface area contributed by atoms with E-state index in [2.05, 4.69) is 248 Å². The van der Waals surface area contributed by atoms with E-state index < -0.39 is 0 Å². The fraction of sp³-hybridized carbons (Fsp3) is 0.127. The molecule has 0 nitrogen and oxygen atoms in total. The number of hydrogen-bond donors (Lipinski definition) is 0. The SMILES string of the molecule is CC1(C)c2ccccc2-c2ccc(-c3c4cc5c(cc4c(-c4cc6ccccc6c6ccccc46)c4cc6c(cc34)C(C)(C)c3cc(-c4ccc7ccccc7c4)ccc3-6)-c3ccccc3C5(C)C)cc21. The third-order valence-corrected chi connectivity index (χ3v) is 17.6. The fourth-order valence-electron chi connectivity index (χ4n) is 13.9. The van der Waals surface area contributed by atoms with Gasteiger partial charge >= 0.3 is 0 Å². The summed E-state index contributed by atoms with van der Waals surface area (Å²) in [6.07, 6.45) is 0. The van der Waals surface area contributed by atoms with Gasteiger partial charge in [0.15, 0.2) is 0 Å². The van der Waals surface area contributed by atoms with Crippen LogP contribution in [0.1, 0.15) is 74.9 Å². The van der Waals surface area contributed by atoms with Gasteiger partial charge in [-0.3, -0.25) is 0 Å². The van der Waals surface area contributed by atoms with E-state index in [1.807, 2.05) is 0 Å². The van der Waals surface area contributed by atoms with Crippen molar-refractivity contribution in [1.29, 1.82) is 0 Å². The predicted octanol–water partition coefficient (Wildman–Crippen LogP) is 19.4. The maximum absolute atomic E-state index is 2.63. The van der Waals surface area contributed by atoms with Gasteiger partial charge in [-0.05, 0) is 203 Å². The summed E-state index contributed by atoms with van der Waals surface area (Å²) >= 11 is 0. The summed E-state index contributed by atoms with van der Waals surface area (Å²) in [7, 11) is 0. The molecule has 0 fully saturated rings. The molecule has 0 aromatic heterocycles. The van der Waals surface area contributed by atoms with E-state index in [4.69, 9.17) is 0 Å². The van der Waals surface area contributed by atoms with E-state index >= 15 is 0 Å². The predicted molar refractivity (Wildman–Crippen MR) is 303 cm³/mol. The zero-order chi connectivity index (χ0) is 47.7. The van der Waals surface area contributed by atoms with Crippen LogP contribution in [0.2, 0.25) is 0 Å². The van der Waals surface area contributed by atoms with Crippen molar-refractivity contribution < 1.29 is 0 Å². The summed E-state index contributed by atoms with van der Waals surface area (Å²) in [5.74, 6) is 0. The molecule has 0 saturated heterocycles. The van der Waals surface area contributed by atoms with Gasteiger partial charge in [-0.25, -0.2) is 0 Å². The highest BCUT2D eigenvalue weighted by Gasteiger charge is 2.40. The Hall–Kier alpha value is -8.06. The van der Waals surface area contributed by atoms with Crippen LogP contribution in [0.15, 0.2) is 206 Å². The lowest BCUT2D eigenvalue weighted by Crippen LogP contribution is -2.15. The van der Waals surface area contributed by atoms with Crippen LogP contribution in [0, 0.1) is 0 Å². The van der Waals surface area contributed by atoms with E-state index in [9.17, 15) is 0 Å². The highest BCUT2D eigenvalue weighted by atomic mass is 14.4. The molecule has 15 rings (SSSR count). The minimum Gasteiger partial charge on any atom is -0.0619 e. The molecular formula is C71H52. The van der Waals surface area contributed by atoms with Gasteiger partial charge in [-0.1, -0.05) is 199 Å². The molecule has 71 heavy (non-hydrogen) atoms. The van der Waals surface area contributed by atoms with Crippen LogP contribution < -0.4 is 0 Å². The van der Waals surface area contributed by atoms with Crippen LogP contribution in [0.3, 0.4) is 0 Å². The fourth-order valence-corrected chi connectivity index (χ4v) is 13.9. The lowest BCUT2D eigenvalue weighted by Gasteiger charge is -2.26. The van der Waals surface area contributed by atoms with E-state index in [1.54, 1.807) is 0 Å². The van der Waals surface area contributed by atoms with Crippen LogP contribution in [-0.2, 0) is 16.2 Å². The molecule has 3 aliphatic carbocycles. The molecule has 0 saturated carbocycles. The van der Waals surface area contributed by atoms with Crippen LogP contribution in [0.4, 0.5) is 0 Å². The van der Waals surface area contributed by atoms with Gasteiger partial charge in [-0.15, -0.1) is 0 Å². The zero-order valence-corrected chi connectivity index (χ0v) is 41.1. The third-order valence-electron chi connectivity index (χ3n) is 17.6. The minimum absolute atomic E-state index is 0.143. The van der Waals surface area contributed by atoms with Crippen LogP contribution in [-0.4, -0.2) is 0 Å². The molecule has 0 bridgehead atoms. The van der Waals surface area contributed by atoms with E-state index in [1.165, 1.54) is 154 Å². The van der Waals surface area contributed by atoms with Crippen LogP contribution in [0.25, 0.3) is 121 Å². The first-order valence-corrected chi connectivity index (χ1v) is 25.5. The minimum atomic E-state index is -0.253. The standard InChI is InChI=1S/C71H52/c1-69(2)61-25-15-13-23-50(61)52-32-30-46(36-64(52)69)67-59-39-65-54(51-24-14-16-26-62(51)70(65,3)4)37-57(59)68(56-34-45-19-9-10-20-47(45)48-21-11-12-22-49(48)56)58-38-55-53-31-29-44(35-63(53)71(5,6)66(55)40-60(58)67)43-28-27-41-17-7-8-18-42(41)33-43/h7-40H,1-6H3. The number of hydrogen-bond acceptors (Lipinski definition) is 0. The summed E-state index contributed by atoms with van der Waals surface area (Å²) in [6, 6.07) is 79.5. The van der Waals surface area contributed by atoms with Gasteiger partial charge in [-0.2, -0.15) is 0 Å². The van der Waals surface area contributed by atoms with Gasteiger partial charge < -0.3 is 0 Å². The van der Waals surface area contributed by atoms with Crippen molar-refractivity contribution in [2.45, 2.75) is 57.8 Å². The molecule has 12 aromatic rings. The van der Waals surface area contributed by atoms with Gasteiger partial charge in [0.25, 0.3) is 0 Å². The second-order valence-corrected chi connectivity index (χ2v) is 22.4. The Morgan fingerprint density at radius 3 is 1.30 bits per heavy atom. The largest absolute Gasteiger partial charge is 0.0619 e. The second-order valence-electron chi connectivity index (χ2n) is 22.4. The lowest BCUT2D eigenvalue weighted by atomic mass is 9.76. The summed E-state index contributed by atoms with van der Waals surface area (Å²) < 4.78 is 0. The number of rotatable bonds is 3. The molecule has 0 amide bonds. The molecule has 0 unspecified atom stereocenters. The Kier molecular flexibility index (Phi) is 8.07. The highest BCUT2D eigenvalue weighted by molar-refractivity contribution is 6.27. The van der Waals surface area contributed by atoms with Crippen molar-refractivity contribution in [2.24, 2.45) is 0 Å². The third kappa shape index (κ3) is 5.46. The average molecular weight is 905 g/mol. The van der Waals surface area contributed by atoms with Gasteiger partial charge in [0.2, 0.25) is 0 Å². The quantitative estimate of drug-likeness (QED) is 0.122. The Balaban J connectivity index is 1.09. The Morgan fingerprint density at radius 2 is 0.634 bits per heavy atom. The lowest BCUT2D eigenvalue weighted by molar-refractivity contribution is 0.660. The molecule has 0 heteroatoms. The molecule has 0 radical (unpaired) electrons. The summed E-state index contributed by atoms with van der Waals surface area (Å²) in [5, 5.41) is 12.9. The van der Waals surface area contributed by atoms with E-state index in [-0.39, 0.29) is 16.2 Å². The average Bonchev–Trinajstić information content (AvgIpc) is 3.87. The maximum Gasteiger partial charge on any atom is 0.0159 e. The normalized spacial score (nSPS) is 15.2. The molecule has 0 aliphatic heterocycles. The Labute approximate surface area is 415 Å².